The van der Waals surface area contributed by atoms with E-state index in [1.54, 1.807) is 9.42 Å². The van der Waals surface area contributed by atoms with Gasteiger partial charge in [0, 0.05) is 32.0 Å². The van der Waals surface area contributed by atoms with Gasteiger partial charge in [0.25, 0.3) is 5.56 Å². The summed E-state index contributed by atoms with van der Waals surface area (Å²) < 4.78 is 1.58. The number of carbonyl (C=O) groups excluding carboxylic acids is 1. The highest BCUT2D eigenvalue weighted by atomic mass is 16.2. The summed E-state index contributed by atoms with van der Waals surface area (Å²) in [5.74, 6) is 0.0847. The Labute approximate surface area is 194 Å². The van der Waals surface area contributed by atoms with Crippen LogP contribution in [0.1, 0.15) is 72.3 Å². The number of piperidine rings is 1. The van der Waals surface area contributed by atoms with Crippen LogP contribution in [0.4, 0.5) is 0 Å². The molecule has 7 nitrogen and oxygen atoms in total. The molecule has 2 aliphatic rings. The summed E-state index contributed by atoms with van der Waals surface area (Å²) in [7, 11) is 0. The van der Waals surface area contributed by atoms with E-state index in [-0.39, 0.29) is 17.5 Å². The second-order valence-corrected chi connectivity index (χ2v) is 9.57. The molecule has 0 spiro atoms. The number of benzene rings is 1. The van der Waals surface area contributed by atoms with E-state index in [0.29, 0.717) is 37.1 Å². The maximum Gasteiger partial charge on any atom is 0.277 e. The first-order valence-electron chi connectivity index (χ1n) is 12.2. The molecular weight excluding hydrogens is 414 g/mol. The van der Waals surface area contributed by atoms with Crippen LogP contribution in [0, 0.1) is 13.8 Å². The smallest absolute Gasteiger partial charge is 0.277 e. The number of hydrogen-bond donors (Lipinski definition) is 1. The third kappa shape index (κ3) is 4.10. The van der Waals surface area contributed by atoms with Crippen molar-refractivity contribution in [2.45, 2.75) is 72.0 Å². The second kappa shape index (κ2) is 8.78. The monoisotopic (exact) mass is 447 g/mol. The normalized spacial score (nSPS) is 19.1. The number of aryl methyl sites for hydroxylation is 2. The van der Waals surface area contributed by atoms with Crippen molar-refractivity contribution in [1.82, 2.24) is 24.4 Å². The fourth-order valence-electron chi connectivity index (χ4n) is 5.28. The summed E-state index contributed by atoms with van der Waals surface area (Å²) in [6.45, 7) is 9.10. The maximum absolute atomic E-state index is 13.3. The molecule has 5 rings (SSSR count). The molecular formula is C26H33N5O2. The summed E-state index contributed by atoms with van der Waals surface area (Å²) in [5, 5.41) is 3.37. The predicted octanol–water partition coefficient (Wildman–Crippen LogP) is 3.66. The zero-order valence-electron chi connectivity index (χ0n) is 19.9. The number of hydrogen-bond acceptors (Lipinski definition) is 4. The number of nitrogens with zero attached hydrogens (tertiary/aromatic N) is 4. The Balaban J connectivity index is 1.46. The van der Waals surface area contributed by atoms with E-state index in [1.807, 2.05) is 6.92 Å². The first-order valence-corrected chi connectivity index (χ1v) is 12.2. The summed E-state index contributed by atoms with van der Waals surface area (Å²) in [6, 6.07) is 9.00. The molecule has 174 valence electrons. The molecule has 1 amide bonds. The van der Waals surface area contributed by atoms with Gasteiger partial charge in [0.2, 0.25) is 5.91 Å². The summed E-state index contributed by atoms with van der Waals surface area (Å²) in [6.07, 6.45) is 4.52. The second-order valence-electron chi connectivity index (χ2n) is 9.57. The topological polar surface area (TPSA) is 73.7 Å². The minimum absolute atomic E-state index is 0.0774. The SMILES string of the molecule is CCC(=O)N1CCc2nc3cc([C@@H]4CCCCN4Cc4ccc(C)c(C)c4)[nH]n3c(=O)c2C1. The first-order chi connectivity index (χ1) is 15.9. The molecule has 0 unspecified atom stereocenters. The van der Waals surface area contributed by atoms with Crippen molar-refractivity contribution in [3.63, 3.8) is 0 Å². The van der Waals surface area contributed by atoms with Crippen LogP contribution >= 0.6 is 0 Å². The van der Waals surface area contributed by atoms with Crippen LogP contribution in [-0.4, -0.2) is 43.4 Å². The lowest BCUT2D eigenvalue weighted by atomic mass is 9.98. The van der Waals surface area contributed by atoms with Crippen LogP contribution in [0.25, 0.3) is 5.65 Å². The largest absolute Gasteiger partial charge is 0.338 e. The zero-order valence-corrected chi connectivity index (χ0v) is 19.9. The number of carbonyl (C=O) groups is 1. The van der Waals surface area contributed by atoms with Gasteiger partial charge in [-0.15, -0.1) is 0 Å². The molecule has 3 aromatic rings. The molecule has 2 aromatic heterocycles. The Hall–Kier alpha value is -2.93. The number of amides is 1. The Morgan fingerprint density at radius 2 is 2.00 bits per heavy atom. The lowest BCUT2D eigenvalue weighted by molar-refractivity contribution is -0.131. The van der Waals surface area contributed by atoms with E-state index < -0.39 is 0 Å². The summed E-state index contributed by atoms with van der Waals surface area (Å²) in [5.41, 5.74) is 7.10. The number of rotatable bonds is 4. The van der Waals surface area contributed by atoms with Gasteiger partial charge in [-0.2, -0.15) is 0 Å². The third-order valence-electron chi connectivity index (χ3n) is 7.37. The maximum atomic E-state index is 13.3. The van der Waals surface area contributed by atoms with Crippen molar-refractivity contribution < 1.29 is 4.79 Å². The van der Waals surface area contributed by atoms with E-state index in [2.05, 4.69) is 48.1 Å². The molecule has 4 heterocycles. The fourth-order valence-corrected chi connectivity index (χ4v) is 5.28. The van der Waals surface area contributed by atoms with Gasteiger partial charge in [-0.25, -0.2) is 9.50 Å². The molecule has 0 bridgehead atoms. The Kier molecular flexibility index (Phi) is 5.83. The van der Waals surface area contributed by atoms with Gasteiger partial charge in [0.15, 0.2) is 5.65 Å². The van der Waals surface area contributed by atoms with Gasteiger partial charge >= 0.3 is 0 Å². The minimum atomic E-state index is -0.0774. The predicted molar refractivity (Wildman–Crippen MR) is 128 cm³/mol. The molecule has 2 aliphatic heterocycles. The minimum Gasteiger partial charge on any atom is -0.338 e. The molecule has 0 saturated carbocycles. The average Bonchev–Trinajstić information content (AvgIpc) is 3.25. The lowest BCUT2D eigenvalue weighted by Gasteiger charge is -2.35. The zero-order chi connectivity index (χ0) is 23.1. The molecule has 1 aromatic carbocycles. The number of H-pyrrole nitrogens is 1. The van der Waals surface area contributed by atoms with Crippen molar-refractivity contribution in [3.8, 4) is 0 Å². The van der Waals surface area contributed by atoms with Crippen LogP contribution in [0.5, 0.6) is 0 Å². The van der Waals surface area contributed by atoms with Gasteiger partial charge in [-0.1, -0.05) is 31.5 Å². The van der Waals surface area contributed by atoms with E-state index in [9.17, 15) is 9.59 Å². The molecule has 7 heteroatoms. The van der Waals surface area contributed by atoms with Crippen LogP contribution in [0.2, 0.25) is 0 Å². The lowest BCUT2D eigenvalue weighted by Crippen LogP contribution is -2.40. The number of aromatic amines is 1. The van der Waals surface area contributed by atoms with Gasteiger partial charge in [-0.3, -0.25) is 19.6 Å². The molecule has 33 heavy (non-hydrogen) atoms. The van der Waals surface area contributed by atoms with E-state index >= 15 is 0 Å². The summed E-state index contributed by atoms with van der Waals surface area (Å²) >= 11 is 0. The molecule has 1 fully saturated rings. The summed E-state index contributed by atoms with van der Waals surface area (Å²) in [4.78, 5) is 34.6. The molecule has 1 N–H and O–H groups in total. The molecule has 0 radical (unpaired) electrons. The quantitative estimate of drug-likeness (QED) is 0.662. The highest BCUT2D eigenvalue weighted by Gasteiger charge is 2.28. The van der Waals surface area contributed by atoms with E-state index in [0.717, 1.165) is 30.9 Å². The molecule has 1 atom stereocenters. The van der Waals surface area contributed by atoms with Gasteiger partial charge in [0.1, 0.15) is 0 Å². The number of aromatic nitrogens is 3. The number of fused-ring (bicyclic) bond motifs is 2. The Bertz CT molecular complexity index is 1260. The van der Waals surface area contributed by atoms with Crippen molar-refractivity contribution >= 4 is 11.6 Å². The van der Waals surface area contributed by atoms with Gasteiger partial charge in [0.05, 0.1) is 29.5 Å². The standard InChI is InChI=1S/C26H33N5O2/c1-4-25(32)30-12-10-21-20(16-30)26(33)31-24(27-21)14-22(28-31)23-7-5-6-11-29(23)15-19-9-8-17(2)18(3)13-19/h8-9,13-14,23,28H,4-7,10-12,15-16H2,1-3H3/t23-/m0/s1. The first kappa shape index (κ1) is 21.9. The Morgan fingerprint density at radius 1 is 1.15 bits per heavy atom. The van der Waals surface area contributed by atoms with Crippen molar-refractivity contribution in [2.75, 3.05) is 13.1 Å². The molecule has 1 saturated heterocycles. The van der Waals surface area contributed by atoms with E-state index in [4.69, 9.17) is 4.98 Å². The van der Waals surface area contributed by atoms with Gasteiger partial charge < -0.3 is 4.90 Å². The highest BCUT2D eigenvalue weighted by molar-refractivity contribution is 5.76. The highest BCUT2D eigenvalue weighted by Crippen LogP contribution is 2.32. The Morgan fingerprint density at radius 3 is 2.79 bits per heavy atom. The third-order valence-corrected chi connectivity index (χ3v) is 7.37. The van der Waals surface area contributed by atoms with Gasteiger partial charge in [-0.05, 0) is 49.9 Å². The van der Waals surface area contributed by atoms with Crippen LogP contribution in [0.15, 0.2) is 29.1 Å². The van der Waals surface area contributed by atoms with Crippen molar-refractivity contribution in [1.29, 1.82) is 0 Å². The average molecular weight is 448 g/mol. The number of likely N-dealkylation sites (tertiary alicyclic amines) is 1. The van der Waals surface area contributed by atoms with Crippen molar-refractivity contribution in [3.05, 3.63) is 68.3 Å². The van der Waals surface area contributed by atoms with Crippen molar-refractivity contribution in [2.24, 2.45) is 0 Å². The van der Waals surface area contributed by atoms with Crippen LogP contribution in [-0.2, 0) is 24.3 Å². The van der Waals surface area contributed by atoms with E-state index in [1.165, 1.54) is 29.5 Å². The van der Waals surface area contributed by atoms with Crippen LogP contribution in [0.3, 0.4) is 0 Å². The fraction of sp³-hybridized carbons (Fsp3) is 0.500. The number of nitrogens with one attached hydrogen (secondary N) is 1. The van der Waals surface area contributed by atoms with Crippen LogP contribution < -0.4 is 5.56 Å². The molecule has 0 aliphatic carbocycles.